The zero-order valence-electron chi connectivity index (χ0n) is 26.1. The summed E-state index contributed by atoms with van der Waals surface area (Å²) in [5, 5.41) is 14.5. The number of hydrogen-bond acceptors (Lipinski definition) is 8. The molecule has 0 aromatic heterocycles. The van der Waals surface area contributed by atoms with Crippen molar-refractivity contribution in [2.75, 3.05) is 31.6 Å². The van der Waals surface area contributed by atoms with Crippen LogP contribution in [0.3, 0.4) is 0 Å². The summed E-state index contributed by atoms with van der Waals surface area (Å²) in [4.78, 5) is 39.5. The molecule has 0 spiro atoms. The highest BCUT2D eigenvalue weighted by molar-refractivity contribution is 7.89. The van der Waals surface area contributed by atoms with E-state index in [1.165, 1.54) is 53.6 Å². The number of methoxy groups -OCH3 is 1. The van der Waals surface area contributed by atoms with E-state index in [1.54, 1.807) is 12.1 Å². The molecule has 1 aliphatic rings. The van der Waals surface area contributed by atoms with Crippen molar-refractivity contribution in [1.29, 1.82) is 0 Å². The molecule has 246 valence electrons. The molecule has 13 heteroatoms. The van der Waals surface area contributed by atoms with Crippen LogP contribution in [0.4, 0.5) is 10.5 Å². The molecule has 0 unspecified atom stereocenters. The van der Waals surface area contributed by atoms with Crippen molar-refractivity contribution in [3.63, 3.8) is 0 Å². The van der Waals surface area contributed by atoms with E-state index in [0.717, 1.165) is 5.56 Å². The smallest absolute Gasteiger partial charge is 0.415 e. The van der Waals surface area contributed by atoms with Crippen molar-refractivity contribution in [2.24, 2.45) is 5.92 Å². The Morgan fingerprint density at radius 1 is 1.09 bits per heavy atom. The largest absolute Gasteiger partial charge is 0.497 e. The lowest BCUT2D eigenvalue weighted by molar-refractivity contribution is -0.129. The summed E-state index contributed by atoms with van der Waals surface area (Å²) in [5.74, 6) is -0.472. The molecule has 2 amide bonds. The average molecular weight is 672 g/mol. The van der Waals surface area contributed by atoms with Crippen LogP contribution in [-0.2, 0) is 26.0 Å². The maximum absolute atomic E-state index is 13.7. The Morgan fingerprint density at radius 2 is 1.76 bits per heavy atom. The molecule has 3 atom stereocenters. The Kier molecular flexibility index (Phi) is 11.4. The molecular formula is C33H38ClN3O8S. The fraction of sp³-hybridized carbons (Fsp3) is 0.364. The van der Waals surface area contributed by atoms with Crippen LogP contribution < -0.4 is 15.0 Å². The number of halogens is 1. The lowest BCUT2D eigenvalue weighted by Crippen LogP contribution is -2.53. The van der Waals surface area contributed by atoms with Gasteiger partial charge < -0.3 is 19.9 Å². The predicted molar refractivity (Wildman–Crippen MR) is 174 cm³/mol. The van der Waals surface area contributed by atoms with Gasteiger partial charge >= 0.3 is 6.09 Å². The van der Waals surface area contributed by atoms with Crippen LogP contribution in [0.15, 0.2) is 77.7 Å². The number of aliphatic hydroxyl groups excluding tert-OH is 1. The second kappa shape index (κ2) is 15.1. The van der Waals surface area contributed by atoms with Crippen molar-refractivity contribution in [2.45, 2.75) is 50.3 Å². The number of ketones is 1. The van der Waals surface area contributed by atoms with E-state index in [9.17, 15) is 27.9 Å². The Labute approximate surface area is 274 Å². The zero-order chi connectivity index (χ0) is 33.6. The van der Waals surface area contributed by atoms with Gasteiger partial charge in [0, 0.05) is 18.7 Å². The van der Waals surface area contributed by atoms with Crippen molar-refractivity contribution in [3.8, 4) is 5.75 Å². The van der Waals surface area contributed by atoms with Crippen molar-refractivity contribution < 1.29 is 37.4 Å². The highest BCUT2D eigenvalue weighted by Crippen LogP contribution is 2.31. The molecule has 0 radical (unpaired) electrons. The van der Waals surface area contributed by atoms with Crippen LogP contribution in [0.1, 0.15) is 36.7 Å². The Hall–Kier alpha value is -3.97. The number of benzene rings is 3. The van der Waals surface area contributed by atoms with E-state index < -0.39 is 40.3 Å². The number of carbonyl (C=O) groups excluding carboxylic acids is 3. The maximum Gasteiger partial charge on any atom is 0.415 e. The summed E-state index contributed by atoms with van der Waals surface area (Å²) in [6.45, 7) is 4.73. The third kappa shape index (κ3) is 8.43. The summed E-state index contributed by atoms with van der Waals surface area (Å²) >= 11 is 6.32. The molecule has 46 heavy (non-hydrogen) atoms. The number of hydrogen-bond donors (Lipinski definition) is 2. The molecule has 3 aromatic rings. The first-order chi connectivity index (χ1) is 21.8. The summed E-state index contributed by atoms with van der Waals surface area (Å²) in [5.41, 5.74) is 1.35. The lowest BCUT2D eigenvalue weighted by Gasteiger charge is -2.31. The molecule has 0 saturated carbocycles. The van der Waals surface area contributed by atoms with Crippen LogP contribution in [0, 0.1) is 5.92 Å². The minimum absolute atomic E-state index is 0.0373. The molecule has 1 heterocycles. The summed E-state index contributed by atoms with van der Waals surface area (Å²) < 4.78 is 39.1. The monoisotopic (exact) mass is 671 g/mol. The molecule has 4 rings (SSSR count). The van der Waals surface area contributed by atoms with Crippen LogP contribution in [0.25, 0.3) is 0 Å². The number of Topliss-reactive ketones (excluding diaryl/α,β-unsaturated/α-hetero) is 1. The van der Waals surface area contributed by atoms with Crippen molar-refractivity contribution >= 4 is 45.1 Å². The van der Waals surface area contributed by atoms with Crippen LogP contribution in [0.2, 0.25) is 5.02 Å². The second-order valence-corrected chi connectivity index (χ2v) is 13.8. The quantitative estimate of drug-likeness (QED) is 0.242. The second-order valence-electron chi connectivity index (χ2n) is 11.5. The standard InChI is InChI=1S/C33H38ClN3O8S/c1-21(2)18-36(46(42,43)26-13-11-25(44-4)12-14-26)19-30(39)28(16-23-8-6-5-7-9-23)35-32(40)31-20-37(33(41)45-31)29-17-24(22(3)38)10-15-27(29)34/h5-15,17,21,28,30-31,39H,16,18-20H2,1-4H3,(H,35,40)/t28-,30+,31-/m0/s1. The number of ether oxygens (including phenoxy) is 2. The van der Waals surface area contributed by atoms with Crippen molar-refractivity contribution in [1.82, 2.24) is 9.62 Å². The third-order valence-electron chi connectivity index (χ3n) is 7.49. The number of sulfonamides is 1. The number of amides is 2. The molecule has 0 aliphatic carbocycles. The average Bonchev–Trinajstić information content (AvgIpc) is 3.42. The summed E-state index contributed by atoms with van der Waals surface area (Å²) in [6, 6.07) is 18.6. The summed E-state index contributed by atoms with van der Waals surface area (Å²) in [7, 11) is -2.55. The highest BCUT2D eigenvalue weighted by atomic mass is 35.5. The highest BCUT2D eigenvalue weighted by Gasteiger charge is 2.40. The zero-order valence-corrected chi connectivity index (χ0v) is 27.6. The molecule has 1 saturated heterocycles. The van der Waals surface area contributed by atoms with E-state index in [-0.39, 0.29) is 53.4 Å². The van der Waals surface area contributed by atoms with E-state index in [4.69, 9.17) is 21.1 Å². The molecule has 1 aliphatic heterocycles. The van der Waals surface area contributed by atoms with Gasteiger partial charge in [-0.05, 0) is 67.3 Å². The lowest BCUT2D eigenvalue weighted by atomic mass is 10.0. The van der Waals surface area contributed by atoms with Gasteiger partial charge in [-0.3, -0.25) is 14.5 Å². The SMILES string of the molecule is COc1ccc(S(=O)(=O)N(CC(C)C)C[C@@H](O)[C@H](Cc2ccccc2)NC(=O)[C@@H]2CN(c3cc(C(C)=O)ccc3Cl)C(=O)O2)cc1. The van der Waals surface area contributed by atoms with Gasteiger partial charge in [0.25, 0.3) is 5.91 Å². The number of anilines is 1. The van der Waals surface area contributed by atoms with Gasteiger partial charge in [0.1, 0.15) is 5.75 Å². The van der Waals surface area contributed by atoms with E-state index in [2.05, 4.69) is 5.32 Å². The van der Waals surface area contributed by atoms with Crippen LogP contribution >= 0.6 is 11.6 Å². The fourth-order valence-corrected chi connectivity index (χ4v) is 6.91. The Morgan fingerprint density at radius 3 is 2.37 bits per heavy atom. The van der Waals surface area contributed by atoms with Gasteiger partial charge in [0.05, 0.1) is 41.4 Å². The van der Waals surface area contributed by atoms with Gasteiger partial charge in [-0.15, -0.1) is 0 Å². The van der Waals surface area contributed by atoms with Gasteiger partial charge in [-0.2, -0.15) is 4.31 Å². The maximum atomic E-state index is 13.7. The number of aliphatic hydroxyl groups is 1. The van der Waals surface area contributed by atoms with E-state index in [0.29, 0.717) is 11.3 Å². The minimum Gasteiger partial charge on any atom is -0.497 e. The number of carbonyl (C=O) groups is 3. The first-order valence-electron chi connectivity index (χ1n) is 14.7. The fourth-order valence-electron chi connectivity index (χ4n) is 5.07. The third-order valence-corrected chi connectivity index (χ3v) is 9.66. The van der Waals surface area contributed by atoms with Gasteiger partial charge in [-0.25, -0.2) is 13.2 Å². The number of nitrogens with zero attached hydrogens (tertiary/aromatic N) is 2. The molecular weight excluding hydrogens is 634 g/mol. The molecule has 2 N–H and O–H groups in total. The van der Waals surface area contributed by atoms with Gasteiger partial charge in [0.15, 0.2) is 11.9 Å². The first kappa shape index (κ1) is 34.9. The molecule has 0 bridgehead atoms. The minimum atomic E-state index is -4.03. The van der Waals surface area contributed by atoms with E-state index >= 15 is 0 Å². The topological polar surface area (TPSA) is 143 Å². The number of nitrogens with one attached hydrogen (secondary N) is 1. The number of rotatable bonds is 14. The van der Waals surface area contributed by atoms with Gasteiger partial charge in [0.2, 0.25) is 10.0 Å². The molecule has 1 fully saturated rings. The van der Waals surface area contributed by atoms with Crippen LogP contribution in [0.5, 0.6) is 5.75 Å². The van der Waals surface area contributed by atoms with E-state index in [1.807, 2.05) is 44.2 Å². The number of cyclic esters (lactones) is 1. The van der Waals surface area contributed by atoms with Gasteiger partial charge in [-0.1, -0.05) is 55.8 Å². The first-order valence-corrected chi connectivity index (χ1v) is 16.6. The summed E-state index contributed by atoms with van der Waals surface area (Å²) in [6.07, 6.45) is -3.25. The Bertz CT molecular complexity index is 1650. The van der Waals surface area contributed by atoms with Crippen LogP contribution in [-0.4, -0.2) is 80.6 Å². The molecule has 11 nitrogen and oxygen atoms in total. The van der Waals surface area contributed by atoms with Crippen molar-refractivity contribution in [3.05, 3.63) is 88.9 Å². The predicted octanol–water partition coefficient (Wildman–Crippen LogP) is 4.31. The molecule has 3 aromatic carbocycles. The Balaban J connectivity index is 1.56. The normalized spacial score (nSPS) is 16.3.